The summed E-state index contributed by atoms with van der Waals surface area (Å²) in [5.74, 6) is 0.266. The van der Waals surface area contributed by atoms with Crippen molar-refractivity contribution in [3.05, 3.63) is 35.9 Å². The molecule has 2 unspecified atom stereocenters. The van der Waals surface area contributed by atoms with Gasteiger partial charge in [-0.05, 0) is 23.8 Å². The highest BCUT2D eigenvalue weighted by Crippen LogP contribution is 2.46. The van der Waals surface area contributed by atoms with Crippen LogP contribution in [0.2, 0.25) is 0 Å². The lowest BCUT2D eigenvalue weighted by Crippen LogP contribution is -2.59. The van der Waals surface area contributed by atoms with Gasteiger partial charge in [0.2, 0.25) is 0 Å². The average Bonchev–Trinajstić information content (AvgIpc) is 2.53. The fourth-order valence-electron chi connectivity index (χ4n) is 3.37. The van der Waals surface area contributed by atoms with Crippen molar-refractivity contribution >= 4 is 12.1 Å². The van der Waals surface area contributed by atoms with Crippen LogP contribution in [0.5, 0.6) is 0 Å². The number of benzene rings is 1. The second-order valence-electron chi connectivity index (χ2n) is 5.75. The zero-order chi connectivity index (χ0) is 14.8. The molecule has 112 valence electrons. The van der Waals surface area contributed by atoms with Gasteiger partial charge < -0.3 is 14.4 Å². The minimum absolute atomic E-state index is 0.0341. The summed E-state index contributed by atoms with van der Waals surface area (Å²) in [7, 11) is 1.42. The van der Waals surface area contributed by atoms with E-state index in [1.165, 1.54) is 7.11 Å². The number of carbonyl (C=O) groups excluding carboxylic acids is 2. The van der Waals surface area contributed by atoms with Crippen LogP contribution in [0.3, 0.4) is 0 Å². The first-order valence-corrected chi connectivity index (χ1v) is 7.22. The molecular weight excluding hydrogens is 270 g/mol. The Morgan fingerprint density at radius 3 is 2.48 bits per heavy atom. The Kier molecular flexibility index (Phi) is 3.82. The number of ether oxygens (including phenoxy) is 2. The van der Waals surface area contributed by atoms with Gasteiger partial charge in [-0.15, -0.1) is 0 Å². The number of hydrogen-bond donors (Lipinski definition) is 0. The van der Waals surface area contributed by atoms with Crippen LogP contribution >= 0.6 is 0 Å². The number of hydrogen-bond acceptors (Lipinski definition) is 4. The Morgan fingerprint density at radius 1 is 1.19 bits per heavy atom. The molecule has 4 rings (SSSR count). The summed E-state index contributed by atoms with van der Waals surface area (Å²) in [5, 5.41) is 0. The van der Waals surface area contributed by atoms with E-state index in [0.717, 1.165) is 12.0 Å². The van der Waals surface area contributed by atoms with Crippen LogP contribution in [0, 0.1) is 17.8 Å². The molecule has 1 aromatic rings. The molecule has 2 saturated heterocycles. The van der Waals surface area contributed by atoms with Crippen LogP contribution in [0.1, 0.15) is 12.0 Å². The molecule has 0 spiro atoms. The molecule has 5 heteroatoms. The standard InChI is InChI=1S/C16H19NO4/c1-20-15(18)14-12-7-13(14)9-17(8-12)16(19)21-10-11-5-3-2-4-6-11/h2-6,12-14H,7-10H2,1H3. The summed E-state index contributed by atoms with van der Waals surface area (Å²) in [6.07, 6.45) is 0.708. The predicted molar refractivity (Wildman–Crippen MR) is 75.3 cm³/mol. The number of amides is 1. The third kappa shape index (κ3) is 2.73. The Balaban J connectivity index is 1.51. The summed E-state index contributed by atoms with van der Waals surface area (Å²) >= 11 is 0. The highest BCUT2D eigenvalue weighted by atomic mass is 16.6. The molecule has 2 aliphatic heterocycles. The van der Waals surface area contributed by atoms with Crippen LogP contribution in [-0.4, -0.2) is 37.2 Å². The van der Waals surface area contributed by atoms with Crippen molar-refractivity contribution in [1.82, 2.24) is 4.90 Å². The first-order chi connectivity index (χ1) is 10.2. The lowest BCUT2D eigenvalue weighted by molar-refractivity contribution is -0.162. The third-order valence-corrected chi connectivity index (χ3v) is 4.47. The van der Waals surface area contributed by atoms with Crippen molar-refractivity contribution in [2.75, 3.05) is 20.2 Å². The van der Waals surface area contributed by atoms with Gasteiger partial charge in [0.05, 0.1) is 13.0 Å². The predicted octanol–water partition coefficient (Wildman–Crippen LogP) is 2.06. The molecule has 0 radical (unpaired) electrons. The largest absolute Gasteiger partial charge is 0.469 e. The van der Waals surface area contributed by atoms with Crippen LogP contribution in [0.15, 0.2) is 30.3 Å². The summed E-state index contributed by atoms with van der Waals surface area (Å²) in [5.41, 5.74) is 0.973. The van der Waals surface area contributed by atoms with Crippen LogP contribution in [0.25, 0.3) is 0 Å². The summed E-state index contributed by atoms with van der Waals surface area (Å²) in [6.45, 7) is 1.46. The third-order valence-electron chi connectivity index (χ3n) is 4.47. The SMILES string of the molecule is COC(=O)C1C2CC1CN(C(=O)OCc1ccccc1)C2. The number of rotatable bonds is 3. The maximum Gasteiger partial charge on any atom is 0.410 e. The lowest BCUT2D eigenvalue weighted by atomic mass is 9.61. The van der Waals surface area contributed by atoms with Crippen molar-refractivity contribution < 1.29 is 19.1 Å². The molecule has 5 nitrogen and oxygen atoms in total. The number of carbonyl (C=O) groups is 2. The maximum absolute atomic E-state index is 12.1. The molecule has 2 bridgehead atoms. The van der Waals surface area contributed by atoms with Crippen molar-refractivity contribution in [2.45, 2.75) is 13.0 Å². The summed E-state index contributed by atoms with van der Waals surface area (Å²) in [4.78, 5) is 25.4. The number of esters is 1. The smallest absolute Gasteiger partial charge is 0.410 e. The van der Waals surface area contributed by atoms with Gasteiger partial charge in [0, 0.05) is 13.1 Å². The number of fused-ring (bicyclic) bond motifs is 2. The molecule has 1 saturated carbocycles. The molecule has 2 atom stereocenters. The van der Waals surface area contributed by atoms with Crippen LogP contribution in [0.4, 0.5) is 4.79 Å². The molecular formula is C16H19NO4. The van der Waals surface area contributed by atoms with Crippen molar-refractivity contribution in [3.8, 4) is 0 Å². The Labute approximate surface area is 123 Å². The second kappa shape index (κ2) is 5.76. The van der Waals surface area contributed by atoms with Gasteiger partial charge in [-0.25, -0.2) is 4.79 Å². The maximum atomic E-state index is 12.1. The van der Waals surface area contributed by atoms with Gasteiger partial charge in [0.1, 0.15) is 6.61 Å². The quantitative estimate of drug-likeness (QED) is 0.799. The van der Waals surface area contributed by atoms with Crippen LogP contribution < -0.4 is 0 Å². The Hall–Kier alpha value is -2.04. The topological polar surface area (TPSA) is 55.8 Å². The van der Waals surface area contributed by atoms with Crippen LogP contribution in [-0.2, 0) is 20.9 Å². The van der Waals surface area contributed by atoms with E-state index in [1.54, 1.807) is 4.90 Å². The fraction of sp³-hybridized carbons (Fsp3) is 0.500. The van der Waals surface area contributed by atoms with Gasteiger partial charge >= 0.3 is 12.1 Å². The zero-order valence-corrected chi connectivity index (χ0v) is 12.0. The average molecular weight is 289 g/mol. The highest BCUT2D eigenvalue weighted by Gasteiger charge is 2.52. The number of nitrogens with zero attached hydrogens (tertiary/aromatic N) is 1. The molecule has 3 fully saturated rings. The van der Waals surface area contributed by atoms with Gasteiger partial charge in [-0.3, -0.25) is 4.79 Å². The molecule has 1 amide bonds. The number of methoxy groups -OCH3 is 1. The van der Waals surface area contributed by atoms with E-state index in [0.29, 0.717) is 13.1 Å². The van der Waals surface area contributed by atoms with E-state index in [4.69, 9.17) is 9.47 Å². The molecule has 3 aliphatic rings. The van der Waals surface area contributed by atoms with Gasteiger partial charge in [0.25, 0.3) is 0 Å². The monoisotopic (exact) mass is 289 g/mol. The van der Waals surface area contributed by atoms with Crippen molar-refractivity contribution in [1.29, 1.82) is 0 Å². The molecule has 0 aromatic heterocycles. The van der Waals surface area contributed by atoms with Gasteiger partial charge in [-0.2, -0.15) is 0 Å². The van der Waals surface area contributed by atoms with E-state index < -0.39 is 0 Å². The Morgan fingerprint density at radius 2 is 1.86 bits per heavy atom. The first-order valence-electron chi connectivity index (χ1n) is 7.22. The van der Waals surface area contributed by atoms with E-state index >= 15 is 0 Å². The Bertz CT molecular complexity index is 518. The fourth-order valence-corrected chi connectivity index (χ4v) is 3.37. The van der Waals surface area contributed by atoms with E-state index in [1.807, 2.05) is 30.3 Å². The van der Waals surface area contributed by atoms with Crippen molar-refractivity contribution in [2.24, 2.45) is 17.8 Å². The van der Waals surface area contributed by atoms with Crippen molar-refractivity contribution in [3.63, 3.8) is 0 Å². The second-order valence-corrected chi connectivity index (χ2v) is 5.75. The minimum atomic E-state index is -0.295. The van der Waals surface area contributed by atoms with Gasteiger partial charge in [0.15, 0.2) is 0 Å². The summed E-state index contributed by atoms with van der Waals surface area (Å²) < 4.78 is 10.1. The van der Waals surface area contributed by atoms with E-state index in [-0.39, 0.29) is 36.4 Å². The van der Waals surface area contributed by atoms with E-state index in [9.17, 15) is 9.59 Å². The molecule has 0 N–H and O–H groups in total. The normalized spacial score (nSPS) is 26.7. The zero-order valence-electron chi connectivity index (χ0n) is 12.0. The number of piperidine rings is 2. The summed E-state index contributed by atoms with van der Waals surface area (Å²) in [6, 6.07) is 9.61. The highest BCUT2D eigenvalue weighted by molar-refractivity contribution is 5.75. The van der Waals surface area contributed by atoms with E-state index in [2.05, 4.69) is 0 Å². The van der Waals surface area contributed by atoms with Gasteiger partial charge in [-0.1, -0.05) is 30.3 Å². The lowest BCUT2D eigenvalue weighted by Gasteiger charge is -2.51. The molecule has 1 aromatic carbocycles. The minimum Gasteiger partial charge on any atom is -0.469 e. The first kappa shape index (κ1) is 13.9. The molecule has 21 heavy (non-hydrogen) atoms. The molecule has 1 aliphatic carbocycles. The molecule has 2 heterocycles.